The van der Waals surface area contributed by atoms with Crippen LogP contribution < -0.4 is 0 Å². The van der Waals surface area contributed by atoms with E-state index in [0.717, 1.165) is 57.8 Å². The number of hydrogen-bond acceptors (Lipinski definition) is 6. The Morgan fingerprint density at radius 3 is 0.500 bits per heavy atom. The van der Waals surface area contributed by atoms with Crippen molar-refractivity contribution >= 4 is 17.9 Å². The van der Waals surface area contributed by atoms with Gasteiger partial charge in [-0.1, -0.05) is 400 Å². The lowest BCUT2D eigenvalue weighted by Crippen LogP contribution is -2.30. The number of carbonyl (C=O) groups is 3. The second kappa shape index (κ2) is 69.9. The first-order valence-electron chi connectivity index (χ1n) is 37.0. The Morgan fingerprint density at radius 1 is 0.200 bits per heavy atom. The van der Waals surface area contributed by atoms with Crippen LogP contribution in [0.3, 0.4) is 0 Å². The highest BCUT2D eigenvalue weighted by molar-refractivity contribution is 5.71. The Bertz CT molecular complexity index is 1200. The van der Waals surface area contributed by atoms with Crippen LogP contribution in [0.1, 0.15) is 438 Å². The molecule has 0 aromatic heterocycles. The molecule has 0 saturated carbocycles. The summed E-state index contributed by atoms with van der Waals surface area (Å²) in [5.74, 6) is -0.820. The van der Waals surface area contributed by atoms with Crippen LogP contribution in [-0.2, 0) is 28.6 Å². The number of hydrogen-bond donors (Lipinski definition) is 0. The van der Waals surface area contributed by atoms with Crippen molar-refractivity contribution < 1.29 is 28.6 Å². The molecule has 0 fully saturated rings. The van der Waals surface area contributed by atoms with Crippen LogP contribution in [0, 0.1) is 0 Å². The molecular weight excluding hydrogens is 985 g/mol. The first kappa shape index (κ1) is 78.4. The monoisotopic (exact) mass is 1130 g/mol. The van der Waals surface area contributed by atoms with Crippen LogP contribution in [0.4, 0.5) is 0 Å². The molecule has 0 aliphatic heterocycles. The van der Waals surface area contributed by atoms with Gasteiger partial charge in [-0.05, 0) is 19.3 Å². The molecule has 0 bridgehead atoms. The minimum absolute atomic E-state index is 0.0602. The standard InChI is InChI=1S/C74H144O6/c1-4-7-10-13-16-19-22-25-27-29-31-33-34-35-36-37-38-39-40-42-43-45-47-49-52-55-58-61-64-67-73(76)79-70-71(69-78-72(75)66-63-60-57-54-51-24-21-18-15-12-9-6-3)80-74(77)68-65-62-59-56-53-50-48-46-44-41-32-30-28-26-23-20-17-14-11-8-5-2/h71H,4-70H2,1-3H3. The van der Waals surface area contributed by atoms with E-state index in [1.807, 2.05) is 0 Å². The zero-order valence-electron chi connectivity index (χ0n) is 54.9. The first-order chi connectivity index (χ1) is 39.5. The molecule has 0 N–H and O–H groups in total. The molecule has 80 heavy (non-hydrogen) atoms. The molecule has 0 aliphatic carbocycles. The lowest BCUT2D eigenvalue weighted by Gasteiger charge is -2.18. The Labute approximate surface area is 501 Å². The van der Waals surface area contributed by atoms with Crippen molar-refractivity contribution in [1.29, 1.82) is 0 Å². The van der Waals surface area contributed by atoms with Crippen LogP contribution in [-0.4, -0.2) is 37.2 Å². The van der Waals surface area contributed by atoms with Crippen LogP contribution in [0.5, 0.6) is 0 Å². The highest BCUT2D eigenvalue weighted by Gasteiger charge is 2.20. The van der Waals surface area contributed by atoms with Gasteiger partial charge in [-0.3, -0.25) is 14.4 Å². The van der Waals surface area contributed by atoms with Crippen LogP contribution >= 0.6 is 0 Å². The maximum atomic E-state index is 12.9. The predicted octanol–water partition coefficient (Wildman–Crippen LogP) is 25.4. The molecule has 0 radical (unpaired) electrons. The summed E-state index contributed by atoms with van der Waals surface area (Å²) in [7, 11) is 0. The summed E-state index contributed by atoms with van der Waals surface area (Å²) in [6, 6.07) is 0. The van der Waals surface area contributed by atoms with Gasteiger partial charge in [-0.15, -0.1) is 0 Å². The maximum absolute atomic E-state index is 12.9. The fourth-order valence-corrected chi connectivity index (χ4v) is 11.8. The highest BCUT2D eigenvalue weighted by Crippen LogP contribution is 2.20. The molecule has 0 heterocycles. The number of esters is 3. The highest BCUT2D eigenvalue weighted by atomic mass is 16.6. The van der Waals surface area contributed by atoms with E-state index >= 15 is 0 Å². The first-order valence-corrected chi connectivity index (χ1v) is 37.0. The van der Waals surface area contributed by atoms with Gasteiger partial charge in [-0.25, -0.2) is 0 Å². The van der Waals surface area contributed by atoms with Gasteiger partial charge in [0.2, 0.25) is 0 Å². The summed E-state index contributed by atoms with van der Waals surface area (Å²) in [5, 5.41) is 0. The van der Waals surface area contributed by atoms with Crippen molar-refractivity contribution in [3.63, 3.8) is 0 Å². The van der Waals surface area contributed by atoms with Crippen molar-refractivity contribution in [1.82, 2.24) is 0 Å². The van der Waals surface area contributed by atoms with Gasteiger partial charge < -0.3 is 14.2 Å². The van der Waals surface area contributed by atoms with E-state index in [-0.39, 0.29) is 31.1 Å². The molecule has 0 amide bonds. The minimum atomic E-state index is -0.763. The van der Waals surface area contributed by atoms with E-state index in [1.54, 1.807) is 0 Å². The van der Waals surface area contributed by atoms with E-state index in [4.69, 9.17) is 14.2 Å². The zero-order chi connectivity index (χ0) is 57.8. The summed E-state index contributed by atoms with van der Waals surface area (Å²) in [5.41, 5.74) is 0. The minimum Gasteiger partial charge on any atom is -0.462 e. The molecular formula is C74H144O6. The lowest BCUT2D eigenvalue weighted by atomic mass is 10.0. The Hall–Kier alpha value is -1.59. The van der Waals surface area contributed by atoms with Crippen molar-refractivity contribution in [3.8, 4) is 0 Å². The summed E-state index contributed by atoms with van der Waals surface area (Å²) in [4.78, 5) is 38.4. The topological polar surface area (TPSA) is 78.9 Å². The number of carbonyl (C=O) groups excluding carboxylic acids is 3. The molecule has 0 aromatic rings. The molecule has 6 heteroatoms. The van der Waals surface area contributed by atoms with Gasteiger partial charge in [0.15, 0.2) is 6.10 Å². The molecule has 0 saturated heterocycles. The summed E-state index contributed by atoms with van der Waals surface area (Å²) in [6.07, 6.45) is 83.0. The molecule has 0 spiro atoms. The van der Waals surface area contributed by atoms with Crippen molar-refractivity contribution in [2.24, 2.45) is 0 Å². The molecule has 1 unspecified atom stereocenters. The molecule has 476 valence electrons. The van der Waals surface area contributed by atoms with E-state index in [9.17, 15) is 14.4 Å². The Morgan fingerprint density at radius 2 is 0.338 bits per heavy atom. The van der Waals surface area contributed by atoms with Crippen LogP contribution in [0.15, 0.2) is 0 Å². The van der Waals surface area contributed by atoms with E-state index in [0.29, 0.717) is 19.3 Å². The summed E-state index contributed by atoms with van der Waals surface area (Å²) >= 11 is 0. The average molecular weight is 1130 g/mol. The van der Waals surface area contributed by atoms with E-state index in [2.05, 4.69) is 20.8 Å². The number of rotatable bonds is 70. The van der Waals surface area contributed by atoms with Gasteiger partial charge in [0.05, 0.1) is 0 Å². The average Bonchev–Trinajstić information content (AvgIpc) is 3.46. The number of unbranched alkanes of at least 4 members (excludes halogenated alkanes) is 59. The summed E-state index contributed by atoms with van der Waals surface area (Å²) in [6.45, 7) is 6.74. The number of ether oxygens (including phenoxy) is 3. The van der Waals surface area contributed by atoms with Gasteiger partial charge in [-0.2, -0.15) is 0 Å². The predicted molar refractivity (Wildman–Crippen MR) is 349 cm³/mol. The summed E-state index contributed by atoms with van der Waals surface area (Å²) < 4.78 is 17.0. The van der Waals surface area contributed by atoms with Crippen LogP contribution in [0.2, 0.25) is 0 Å². The lowest BCUT2D eigenvalue weighted by molar-refractivity contribution is -0.167. The Kier molecular flexibility index (Phi) is 68.5. The van der Waals surface area contributed by atoms with Gasteiger partial charge >= 0.3 is 17.9 Å². The molecule has 0 rings (SSSR count). The largest absolute Gasteiger partial charge is 0.462 e. The second-order valence-corrected chi connectivity index (χ2v) is 25.6. The van der Waals surface area contributed by atoms with Crippen molar-refractivity contribution in [3.05, 3.63) is 0 Å². The molecule has 0 aliphatic rings. The third kappa shape index (κ3) is 67.2. The second-order valence-electron chi connectivity index (χ2n) is 25.6. The molecule has 6 nitrogen and oxygen atoms in total. The van der Waals surface area contributed by atoms with E-state index in [1.165, 1.54) is 340 Å². The zero-order valence-corrected chi connectivity index (χ0v) is 54.9. The molecule has 0 aromatic carbocycles. The van der Waals surface area contributed by atoms with E-state index < -0.39 is 6.10 Å². The third-order valence-electron chi connectivity index (χ3n) is 17.4. The van der Waals surface area contributed by atoms with Gasteiger partial charge in [0.25, 0.3) is 0 Å². The Balaban J connectivity index is 4.11. The maximum Gasteiger partial charge on any atom is 0.306 e. The van der Waals surface area contributed by atoms with Crippen molar-refractivity contribution in [2.75, 3.05) is 13.2 Å². The van der Waals surface area contributed by atoms with Crippen molar-refractivity contribution in [2.45, 2.75) is 444 Å². The fraction of sp³-hybridized carbons (Fsp3) is 0.959. The third-order valence-corrected chi connectivity index (χ3v) is 17.4. The normalized spacial score (nSPS) is 11.9. The molecule has 1 atom stereocenters. The fourth-order valence-electron chi connectivity index (χ4n) is 11.8. The SMILES string of the molecule is CCCCCCCCCCCCCCCCCCCCCCCCCCCCCCCC(=O)OCC(COC(=O)CCCCCCCCCCCCCC)OC(=O)CCCCCCCCCCCCCCCCCCCCCCC. The quantitative estimate of drug-likeness (QED) is 0.0343. The smallest absolute Gasteiger partial charge is 0.306 e. The van der Waals surface area contributed by atoms with Gasteiger partial charge in [0.1, 0.15) is 13.2 Å². The van der Waals surface area contributed by atoms with Gasteiger partial charge in [0, 0.05) is 19.3 Å². The van der Waals surface area contributed by atoms with Crippen LogP contribution in [0.25, 0.3) is 0 Å².